The van der Waals surface area contributed by atoms with E-state index in [1.807, 2.05) is 0 Å². The van der Waals surface area contributed by atoms with Gasteiger partial charge in [-0.3, -0.25) is 9.52 Å². The Hall–Kier alpha value is -3.60. The summed E-state index contributed by atoms with van der Waals surface area (Å²) in [5, 5.41) is 2.95. The van der Waals surface area contributed by atoms with Crippen molar-refractivity contribution in [2.45, 2.75) is 11.3 Å². The van der Waals surface area contributed by atoms with Crippen molar-refractivity contribution in [1.29, 1.82) is 0 Å². The first-order valence-electron chi connectivity index (χ1n) is 9.46. The molecular weight excluding hydrogens is 424 g/mol. The Labute approximate surface area is 178 Å². The molecule has 0 saturated carbocycles. The van der Waals surface area contributed by atoms with E-state index in [0.717, 1.165) is 0 Å². The van der Waals surface area contributed by atoms with Gasteiger partial charge in [0.1, 0.15) is 13.2 Å². The average Bonchev–Trinajstić information content (AvgIpc) is 2.78. The van der Waals surface area contributed by atoms with Crippen LogP contribution < -0.4 is 19.5 Å². The summed E-state index contributed by atoms with van der Waals surface area (Å²) in [5.41, 5.74) is 0.904. The van der Waals surface area contributed by atoms with Gasteiger partial charge in [0.25, 0.3) is 10.0 Å². The lowest BCUT2D eigenvalue weighted by Gasteiger charge is -2.19. The third-order valence-electron chi connectivity index (χ3n) is 4.46. The molecule has 0 atom stereocenters. The molecule has 3 aromatic rings. The molecule has 0 amide bonds. The Balaban J connectivity index is 1.72. The second kappa shape index (κ2) is 8.64. The number of esters is 1. The molecule has 1 aliphatic heterocycles. The van der Waals surface area contributed by atoms with Crippen LogP contribution in [0.5, 0.6) is 11.5 Å². The molecule has 31 heavy (non-hydrogen) atoms. The first kappa shape index (κ1) is 20.7. The first-order chi connectivity index (χ1) is 15.0. The molecule has 0 saturated heterocycles. The fraction of sp³-hybridized carbons (Fsp3) is 0.250. The highest BCUT2D eigenvalue weighted by molar-refractivity contribution is 7.92. The minimum absolute atomic E-state index is 0.00195. The van der Waals surface area contributed by atoms with Crippen LogP contribution >= 0.6 is 0 Å². The predicted molar refractivity (Wildman–Crippen MR) is 113 cm³/mol. The van der Waals surface area contributed by atoms with Crippen molar-refractivity contribution in [3.63, 3.8) is 0 Å². The van der Waals surface area contributed by atoms with Gasteiger partial charge in [-0.15, -0.1) is 0 Å². The summed E-state index contributed by atoms with van der Waals surface area (Å²) >= 11 is 0. The summed E-state index contributed by atoms with van der Waals surface area (Å²) in [5.74, 6) is 0.806. The van der Waals surface area contributed by atoms with Crippen LogP contribution in [0.1, 0.15) is 6.42 Å². The van der Waals surface area contributed by atoms with Crippen molar-refractivity contribution in [3.05, 3.63) is 42.5 Å². The van der Waals surface area contributed by atoms with E-state index in [9.17, 15) is 13.2 Å². The van der Waals surface area contributed by atoms with Gasteiger partial charge in [0.15, 0.2) is 23.1 Å². The summed E-state index contributed by atoms with van der Waals surface area (Å²) in [4.78, 5) is 20.5. The normalized spacial score (nSPS) is 12.9. The van der Waals surface area contributed by atoms with Crippen LogP contribution in [0.25, 0.3) is 11.0 Å². The average molecular weight is 444 g/mol. The van der Waals surface area contributed by atoms with E-state index in [0.29, 0.717) is 35.7 Å². The smallest absolute Gasteiger partial charge is 0.307 e. The van der Waals surface area contributed by atoms with Gasteiger partial charge >= 0.3 is 5.97 Å². The largest absolute Gasteiger partial charge is 0.486 e. The summed E-state index contributed by atoms with van der Waals surface area (Å²) in [6.45, 7) is 1.01. The number of carbonyl (C=O) groups is 1. The highest BCUT2D eigenvalue weighted by Gasteiger charge is 2.21. The number of hydrogen-bond acceptors (Lipinski definition) is 9. The molecular formula is C20H20N4O6S. The summed E-state index contributed by atoms with van der Waals surface area (Å²) < 4.78 is 43.9. The molecule has 0 aliphatic carbocycles. The Bertz CT molecular complexity index is 1220. The second-order valence-corrected chi connectivity index (χ2v) is 8.26. The van der Waals surface area contributed by atoms with Crippen molar-refractivity contribution >= 4 is 38.7 Å². The zero-order valence-corrected chi connectivity index (χ0v) is 17.4. The van der Waals surface area contributed by atoms with E-state index in [4.69, 9.17) is 9.47 Å². The topological polar surface area (TPSA) is 129 Å². The zero-order valence-electron chi connectivity index (χ0n) is 16.6. The molecule has 10 nitrogen and oxygen atoms in total. The highest BCUT2D eigenvalue weighted by atomic mass is 32.2. The maximum Gasteiger partial charge on any atom is 0.307 e. The van der Waals surface area contributed by atoms with Crippen molar-refractivity contribution in [3.8, 4) is 11.5 Å². The third-order valence-corrected chi connectivity index (χ3v) is 5.82. The molecule has 0 unspecified atom stereocenters. The number of hydrogen-bond donors (Lipinski definition) is 2. The van der Waals surface area contributed by atoms with Crippen LogP contribution in [0.4, 0.5) is 11.6 Å². The lowest BCUT2D eigenvalue weighted by molar-refractivity contribution is -0.140. The minimum Gasteiger partial charge on any atom is -0.486 e. The first-order valence-corrected chi connectivity index (χ1v) is 10.9. The number of rotatable bonds is 7. The van der Waals surface area contributed by atoms with Gasteiger partial charge in [0.2, 0.25) is 0 Å². The lowest BCUT2D eigenvalue weighted by atomic mass is 10.2. The van der Waals surface area contributed by atoms with Gasteiger partial charge < -0.3 is 19.5 Å². The molecule has 0 spiro atoms. The van der Waals surface area contributed by atoms with Crippen LogP contribution in [-0.4, -0.2) is 51.2 Å². The maximum atomic E-state index is 12.8. The molecule has 1 aliphatic rings. The SMILES string of the molecule is COC(=O)CCNc1nc2cc3c(cc2nc1NS(=O)(=O)c1ccccc1)OCCO3. The summed E-state index contributed by atoms with van der Waals surface area (Å²) in [6.07, 6.45) is 0.0717. The van der Waals surface area contributed by atoms with Crippen molar-refractivity contribution in [2.24, 2.45) is 0 Å². The number of carbonyl (C=O) groups excluding carboxylic acids is 1. The van der Waals surface area contributed by atoms with E-state index in [1.165, 1.54) is 19.2 Å². The number of fused-ring (bicyclic) bond motifs is 2. The number of methoxy groups -OCH3 is 1. The number of aromatic nitrogens is 2. The quantitative estimate of drug-likeness (QED) is 0.527. The minimum atomic E-state index is -3.91. The summed E-state index contributed by atoms with van der Waals surface area (Å²) in [6, 6.07) is 11.2. The third kappa shape index (κ3) is 4.61. The van der Waals surface area contributed by atoms with Gasteiger partial charge in [0.05, 0.1) is 29.5 Å². The molecule has 0 fully saturated rings. The number of anilines is 2. The van der Waals surface area contributed by atoms with Crippen molar-refractivity contribution < 1.29 is 27.4 Å². The molecule has 1 aromatic heterocycles. The molecule has 2 heterocycles. The van der Waals surface area contributed by atoms with E-state index in [1.54, 1.807) is 30.3 Å². The van der Waals surface area contributed by atoms with Crippen molar-refractivity contribution in [1.82, 2.24) is 9.97 Å². The Morgan fingerprint density at radius 1 is 1.03 bits per heavy atom. The van der Waals surface area contributed by atoms with Crippen LogP contribution in [0.15, 0.2) is 47.4 Å². The van der Waals surface area contributed by atoms with Crippen LogP contribution in [0.2, 0.25) is 0 Å². The number of sulfonamides is 1. The lowest BCUT2D eigenvalue weighted by Crippen LogP contribution is -2.18. The fourth-order valence-corrected chi connectivity index (χ4v) is 3.99. The zero-order chi connectivity index (χ0) is 21.8. The summed E-state index contributed by atoms with van der Waals surface area (Å²) in [7, 11) is -2.61. The van der Waals surface area contributed by atoms with Gasteiger partial charge in [-0.2, -0.15) is 0 Å². The van der Waals surface area contributed by atoms with E-state index >= 15 is 0 Å². The van der Waals surface area contributed by atoms with Gasteiger partial charge in [-0.25, -0.2) is 18.4 Å². The maximum absolute atomic E-state index is 12.8. The van der Waals surface area contributed by atoms with Crippen LogP contribution in [0.3, 0.4) is 0 Å². The molecule has 4 rings (SSSR count). The molecule has 2 N–H and O–H groups in total. The van der Waals surface area contributed by atoms with Gasteiger partial charge in [-0.1, -0.05) is 18.2 Å². The molecule has 11 heteroatoms. The van der Waals surface area contributed by atoms with Crippen LogP contribution in [-0.2, 0) is 19.6 Å². The number of ether oxygens (including phenoxy) is 3. The Kier molecular flexibility index (Phi) is 5.76. The molecule has 162 valence electrons. The highest BCUT2D eigenvalue weighted by Crippen LogP contribution is 2.35. The number of nitrogens with zero attached hydrogens (tertiary/aromatic N) is 2. The Morgan fingerprint density at radius 3 is 2.26 bits per heavy atom. The van der Waals surface area contributed by atoms with E-state index < -0.39 is 16.0 Å². The molecule has 2 aromatic carbocycles. The van der Waals surface area contributed by atoms with Crippen LogP contribution in [0, 0.1) is 0 Å². The van der Waals surface area contributed by atoms with E-state index in [2.05, 4.69) is 24.7 Å². The molecule has 0 radical (unpaired) electrons. The standard InChI is InChI=1S/C20H20N4O6S/c1-28-18(25)7-8-21-19-20(24-31(26,27)13-5-3-2-4-6-13)23-15-12-17-16(11-14(15)22-19)29-9-10-30-17/h2-6,11-12H,7-10H2,1H3,(H,21,22)(H,23,24). The molecule has 0 bridgehead atoms. The van der Waals surface area contributed by atoms with E-state index in [-0.39, 0.29) is 29.5 Å². The van der Waals surface area contributed by atoms with Gasteiger partial charge in [0, 0.05) is 18.7 Å². The van der Waals surface area contributed by atoms with Crippen molar-refractivity contribution in [2.75, 3.05) is 36.9 Å². The predicted octanol–water partition coefficient (Wildman–Crippen LogP) is 2.18. The fourth-order valence-electron chi connectivity index (χ4n) is 2.96. The Morgan fingerprint density at radius 2 is 1.65 bits per heavy atom. The van der Waals surface area contributed by atoms with Gasteiger partial charge in [-0.05, 0) is 12.1 Å². The second-order valence-electron chi connectivity index (χ2n) is 6.58. The number of benzene rings is 2. The number of nitrogens with one attached hydrogen (secondary N) is 2. The monoisotopic (exact) mass is 444 g/mol.